The Balaban J connectivity index is 1.81. The minimum Gasteiger partial charge on any atom is -0.497 e. The normalized spacial score (nSPS) is 11.4. The summed E-state index contributed by atoms with van der Waals surface area (Å²) in [5.74, 6) is -1.95. The van der Waals surface area contributed by atoms with Crippen LogP contribution >= 0.6 is 0 Å². The first-order valence-corrected chi connectivity index (χ1v) is 11.7. The van der Waals surface area contributed by atoms with Gasteiger partial charge in [-0.05, 0) is 55.5 Å². The number of rotatable bonds is 6. The molecule has 2 aromatic heterocycles. The monoisotopic (exact) mass is 499 g/mol. The second-order valence-electron chi connectivity index (χ2n) is 7.63. The molecule has 8 nitrogen and oxygen atoms in total. The van der Waals surface area contributed by atoms with E-state index in [1.54, 1.807) is 13.0 Å². The molecular formula is C24H19F2N3O5S. The summed E-state index contributed by atoms with van der Waals surface area (Å²) in [5, 5.41) is 2.23. The van der Waals surface area contributed by atoms with Gasteiger partial charge in [-0.1, -0.05) is 0 Å². The van der Waals surface area contributed by atoms with Crippen molar-refractivity contribution in [3.8, 4) is 5.75 Å². The Labute approximate surface area is 198 Å². The lowest BCUT2D eigenvalue weighted by atomic mass is 10.2. The molecule has 1 N–H and O–H groups in total. The molecule has 180 valence electrons. The number of amides is 1. The van der Waals surface area contributed by atoms with E-state index >= 15 is 0 Å². The number of ether oxygens (including phenoxy) is 1. The molecule has 0 fully saturated rings. The molecule has 35 heavy (non-hydrogen) atoms. The number of carbonyl (C=O) groups excluding carboxylic acids is 1. The minimum atomic E-state index is -4.28. The first kappa shape index (κ1) is 24.0. The SMILES string of the molecule is COc1ccc(S(=O)(=O)c2cn(CC(=O)Nc3cc(F)ccc3F)c3nc(C)ccc3c2=O)cc1. The molecule has 0 spiro atoms. The Kier molecular flexibility index (Phi) is 6.35. The lowest BCUT2D eigenvalue weighted by molar-refractivity contribution is -0.116. The van der Waals surface area contributed by atoms with Crippen LogP contribution in [0.1, 0.15) is 5.69 Å². The van der Waals surface area contributed by atoms with Crippen molar-refractivity contribution in [1.29, 1.82) is 0 Å². The average Bonchev–Trinajstić information content (AvgIpc) is 2.83. The van der Waals surface area contributed by atoms with Crippen LogP contribution in [0.2, 0.25) is 0 Å². The van der Waals surface area contributed by atoms with Crippen LogP contribution < -0.4 is 15.5 Å². The van der Waals surface area contributed by atoms with Gasteiger partial charge in [0.15, 0.2) is 0 Å². The Morgan fingerprint density at radius 2 is 1.80 bits per heavy atom. The summed E-state index contributed by atoms with van der Waals surface area (Å²) in [5.41, 5.74) is -0.571. The number of carbonyl (C=O) groups is 1. The van der Waals surface area contributed by atoms with Gasteiger partial charge in [-0.25, -0.2) is 22.2 Å². The summed E-state index contributed by atoms with van der Waals surface area (Å²) in [6, 6.07) is 11.0. The highest BCUT2D eigenvalue weighted by atomic mass is 32.2. The van der Waals surface area contributed by atoms with E-state index < -0.39 is 44.2 Å². The number of hydrogen-bond acceptors (Lipinski definition) is 6. The predicted molar refractivity (Wildman–Crippen MR) is 124 cm³/mol. The quantitative estimate of drug-likeness (QED) is 0.435. The third-order valence-corrected chi connectivity index (χ3v) is 6.97. The maximum atomic E-state index is 14.0. The molecule has 4 rings (SSSR count). The van der Waals surface area contributed by atoms with Crippen LogP contribution in [0.15, 0.2) is 75.4 Å². The maximum Gasteiger partial charge on any atom is 0.244 e. The van der Waals surface area contributed by atoms with E-state index in [2.05, 4.69) is 10.3 Å². The smallest absolute Gasteiger partial charge is 0.244 e. The molecule has 0 aliphatic carbocycles. The number of halogens is 2. The van der Waals surface area contributed by atoms with Crippen LogP contribution in [-0.2, 0) is 21.2 Å². The number of benzene rings is 2. The molecule has 2 aromatic carbocycles. The summed E-state index contributed by atoms with van der Waals surface area (Å²) in [7, 11) is -2.85. The van der Waals surface area contributed by atoms with Gasteiger partial charge in [0, 0.05) is 18.0 Å². The molecule has 0 saturated heterocycles. The topological polar surface area (TPSA) is 107 Å². The largest absolute Gasteiger partial charge is 0.497 e. The van der Waals surface area contributed by atoms with Crippen LogP contribution in [0.25, 0.3) is 11.0 Å². The van der Waals surface area contributed by atoms with Gasteiger partial charge >= 0.3 is 0 Å². The van der Waals surface area contributed by atoms with Gasteiger partial charge in [0.05, 0.1) is 23.1 Å². The van der Waals surface area contributed by atoms with E-state index in [1.165, 1.54) is 42.0 Å². The lowest BCUT2D eigenvalue weighted by Gasteiger charge is -2.14. The van der Waals surface area contributed by atoms with E-state index in [1.807, 2.05) is 0 Å². The van der Waals surface area contributed by atoms with Gasteiger partial charge in [-0.2, -0.15) is 0 Å². The number of sulfone groups is 1. The Bertz CT molecular complexity index is 1620. The van der Waals surface area contributed by atoms with Crippen molar-refractivity contribution in [2.45, 2.75) is 23.3 Å². The molecule has 0 radical (unpaired) electrons. The Hall–Kier alpha value is -4.12. The number of nitrogens with one attached hydrogen (secondary N) is 1. The molecule has 4 aromatic rings. The fourth-order valence-electron chi connectivity index (χ4n) is 3.46. The second kappa shape index (κ2) is 9.26. The van der Waals surface area contributed by atoms with E-state index in [0.29, 0.717) is 11.4 Å². The first-order valence-electron chi connectivity index (χ1n) is 10.2. The Morgan fingerprint density at radius 3 is 2.49 bits per heavy atom. The molecule has 0 atom stereocenters. The number of nitrogens with zero attached hydrogens (tertiary/aromatic N) is 2. The third-order valence-electron chi connectivity index (χ3n) is 5.20. The van der Waals surface area contributed by atoms with Crippen molar-refractivity contribution < 1.29 is 26.7 Å². The van der Waals surface area contributed by atoms with Crippen molar-refractivity contribution in [2.75, 3.05) is 12.4 Å². The minimum absolute atomic E-state index is 0.0186. The summed E-state index contributed by atoms with van der Waals surface area (Å²) < 4.78 is 60.3. The summed E-state index contributed by atoms with van der Waals surface area (Å²) >= 11 is 0. The molecule has 1 amide bonds. The first-order chi connectivity index (χ1) is 16.6. The third kappa shape index (κ3) is 4.76. The molecular weight excluding hydrogens is 480 g/mol. The van der Waals surface area contributed by atoms with Crippen LogP contribution in [0, 0.1) is 18.6 Å². The molecule has 0 saturated carbocycles. The molecule has 0 aliphatic rings. The summed E-state index contributed by atoms with van der Waals surface area (Å²) in [4.78, 5) is 29.4. The highest BCUT2D eigenvalue weighted by Crippen LogP contribution is 2.23. The molecule has 0 bridgehead atoms. The highest BCUT2D eigenvalue weighted by Gasteiger charge is 2.25. The van der Waals surface area contributed by atoms with E-state index in [0.717, 1.165) is 24.4 Å². The van der Waals surface area contributed by atoms with Crippen LogP contribution in [0.3, 0.4) is 0 Å². The number of fused-ring (bicyclic) bond motifs is 1. The van der Waals surface area contributed by atoms with Crippen molar-refractivity contribution in [2.24, 2.45) is 0 Å². The predicted octanol–water partition coefficient (Wildman–Crippen LogP) is 3.46. The maximum absolute atomic E-state index is 14.0. The van der Waals surface area contributed by atoms with Gasteiger partial charge in [-0.3, -0.25) is 9.59 Å². The molecule has 11 heteroatoms. The zero-order valence-corrected chi connectivity index (χ0v) is 19.4. The van der Waals surface area contributed by atoms with Gasteiger partial charge in [0.1, 0.15) is 34.5 Å². The second-order valence-corrected chi connectivity index (χ2v) is 9.54. The van der Waals surface area contributed by atoms with E-state index in [9.17, 15) is 26.8 Å². The molecule has 2 heterocycles. The van der Waals surface area contributed by atoms with E-state index in [-0.39, 0.29) is 21.6 Å². The Morgan fingerprint density at radius 1 is 1.09 bits per heavy atom. The summed E-state index contributed by atoms with van der Waals surface area (Å²) in [6.07, 6.45) is 1.03. The van der Waals surface area contributed by atoms with Crippen LogP contribution in [0.4, 0.5) is 14.5 Å². The number of aromatic nitrogens is 2. The number of hydrogen-bond donors (Lipinski definition) is 1. The standard InChI is InChI=1S/C24H19F2N3O5S/c1-14-3-9-18-23(31)21(35(32,33)17-7-5-16(34-2)6-8-17)12-29(24(18)27-14)13-22(30)28-20-11-15(25)4-10-19(20)26/h3-12H,13H2,1-2H3,(H,28,30). The van der Waals surface area contributed by atoms with Crippen LogP contribution in [0.5, 0.6) is 5.75 Å². The summed E-state index contributed by atoms with van der Waals surface area (Å²) in [6.45, 7) is 1.15. The zero-order valence-electron chi connectivity index (χ0n) is 18.6. The van der Waals surface area contributed by atoms with Crippen molar-refractivity contribution in [3.05, 3.63) is 88.3 Å². The van der Waals surface area contributed by atoms with E-state index in [4.69, 9.17) is 4.74 Å². The van der Waals surface area contributed by atoms with Crippen molar-refractivity contribution in [1.82, 2.24) is 9.55 Å². The van der Waals surface area contributed by atoms with Gasteiger partial charge in [-0.15, -0.1) is 0 Å². The average molecular weight is 499 g/mol. The van der Waals surface area contributed by atoms with Gasteiger partial charge in [0.2, 0.25) is 21.2 Å². The highest BCUT2D eigenvalue weighted by molar-refractivity contribution is 7.91. The number of aryl methyl sites for hydroxylation is 1. The molecule has 0 unspecified atom stereocenters. The fourth-order valence-corrected chi connectivity index (χ4v) is 4.83. The lowest BCUT2D eigenvalue weighted by Crippen LogP contribution is -2.24. The van der Waals surface area contributed by atoms with Gasteiger partial charge in [0.25, 0.3) is 0 Å². The number of methoxy groups -OCH3 is 1. The van der Waals surface area contributed by atoms with Gasteiger partial charge < -0.3 is 14.6 Å². The van der Waals surface area contributed by atoms with Crippen LogP contribution in [-0.4, -0.2) is 31.0 Å². The number of anilines is 1. The molecule has 0 aliphatic heterocycles. The number of pyridine rings is 2. The fraction of sp³-hybridized carbons (Fsp3) is 0.125. The van der Waals surface area contributed by atoms with Crippen molar-refractivity contribution in [3.63, 3.8) is 0 Å². The zero-order chi connectivity index (χ0) is 25.3. The van der Waals surface area contributed by atoms with Crippen molar-refractivity contribution >= 4 is 32.5 Å².